The molecule has 2 aromatic carbocycles. The van der Waals surface area contributed by atoms with Crippen molar-refractivity contribution in [1.29, 1.82) is 0 Å². The molecule has 5 rings (SSSR count). The van der Waals surface area contributed by atoms with E-state index in [1.807, 2.05) is 6.07 Å². The van der Waals surface area contributed by atoms with E-state index in [0.29, 0.717) is 36.3 Å². The summed E-state index contributed by atoms with van der Waals surface area (Å²) in [7, 11) is 3.24. The van der Waals surface area contributed by atoms with Gasteiger partial charge in [0.15, 0.2) is 11.5 Å². The number of halogens is 7. The smallest absolute Gasteiger partial charge is 0.490 e. The van der Waals surface area contributed by atoms with Gasteiger partial charge in [-0.25, -0.2) is 14.0 Å². The van der Waals surface area contributed by atoms with Crippen LogP contribution in [0.5, 0.6) is 11.5 Å². The molecule has 3 N–H and O–H groups in total. The molecule has 8 nitrogen and oxygen atoms in total. The van der Waals surface area contributed by atoms with Crippen molar-refractivity contribution < 1.29 is 54.9 Å². The van der Waals surface area contributed by atoms with Gasteiger partial charge < -0.3 is 25.2 Å². The Morgan fingerprint density at radius 3 is 2.22 bits per heavy atom. The zero-order valence-corrected chi connectivity index (χ0v) is 24.5. The van der Waals surface area contributed by atoms with E-state index in [4.69, 9.17) is 19.4 Å². The Bertz CT molecular complexity index is 1380. The monoisotopic (exact) mass is 649 g/mol. The zero-order chi connectivity index (χ0) is 33.2. The molecule has 3 fully saturated rings. The molecule has 1 saturated heterocycles. The first-order chi connectivity index (χ1) is 21.1. The van der Waals surface area contributed by atoms with Gasteiger partial charge in [0.2, 0.25) is 0 Å². The van der Waals surface area contributed by atoms with E-state index in [9.17, 15) is 35.5 Å². The summed E-state index contributed by atoms with van der Waals surface area (Å²) in [5.74, 6) is -1.74. The number of anilines is 1. The number of aliphatic carboxylic acids is 1. The van der Waals surface area contributed by atoms with Crippen molar-refractivity contribution in [3.05, 3.63) is 53.3 Å². The third-order valence-corrected chi connectivity index (χ3v) is 8.58. The molecule has 0 aromatic heterocycles. The number of urea groups is 1. The molecule has 3 atom stereocenters. The second kappa shape index (κ2) is 13.3. The predicted molar refractivity (Wildman–Crippen MR) is 149 cm³/mol. The number of nitrogens with one attached hydrogen (secondary N) is 2. The number of nitrogens with zero attached hydrogens (tertiary/aromatic N) is 1. The van der Waals surface area contributed by atoms with Gasteiger partial charge in [0.1, 0.15) is 5.82 Å². The van der Waals surface area contributed by atoms with Crippen molar-refractivity contribution in [3.63, 3.8) is 0 Å². The molecule has 2 aliphatic carbocycles. The van der Waals surface area contributed by atoms with E-state index >= 15 is 0 Å². The molecular formula is C30H34F7N3O5. The summed E-state index contributed by atoms with van der Waals surface area (Å²) >= 11 is 0. The Morgan fingerprint density at radius 1 is 0.978 bits per heavy atom. The summed E-state index contributed by atoms with van der Waals surface area (Å²) in [6.07, 6.45) is -4.04. The number of carboxylic acid groups (broad SMARTS) is 1. The molecule has 1 aliphatic heterocycles. The second-order valence-corrected chi connectivity index (χ2v) is 11.5. The second-order valence-electron chi connectivity index (χ2n) is 11.5. The number of alkyl halides is 6. The van der Waals surface area contributed by atoms with Crippen molar-refractivity contribution in [2.45, 2.75) is 68.4 Å². The number of benzene rings is 2. The largest absolute Gasteiger partial charge is 0.493 e. The van der Waals surface area contributed by atoms with Crippen LogP contribution in [-0.2, 0) is 16.4 Å². The molecule has 0 bridgehead atoms. The number of fused-ring (bicyclic) bond motifs is 1. The van der Waals surface area contributed by atoms with E-state index in [1.54, 1.807) is 14.2 Å². The highest BCUT2D eigenvalue weighted by Crippen LogP contribution is 2.51. The summed E-state index contributed by atoms with van der Waals surface area (Å²) in [5.41, 5.74) is -0.276. The lowest BCUT2D eigenvalue weighted by Gasteiger charge is -2.45. The minimum Gasteiger partial charge on any atom is -0.493 e. The van der Waals surface area contributed by atoms with Crippen molar-refractivity contribution in [1.82, 2.24) is 10.2 Å². The predicted octanol–water partition coefficient (Wildman–Crippen LogP) is 6.59. The van der Waals surface area contributed by atoms with Crippen LogP contribution >= 0.6 is 0 Å². The number of likely N-dealkylation sites (tertiary alicyclic amines) is 1. The maximum Gasteiger partial charge on any atom is 0.490 e. The normalized spacial score (nSPS) is 23.3. The van der Waals surface area contributed by atoms with Crippen molar-refractivity contribution >= 4 is 17.7 Å². The fraction of sp³-hybridized carbons (Fsp3) is 0.533. The van der Waals surface area contributed by atoms with Gasteiger partial charge >= 0.3 is 24.4 Å². The van der Waals surface area contributed by atoms with Crippen LogP contribution in [-0.4, -0.2) is 67.6 Å². The fourth-order valence-electron chi connectivity index (χ4n) is 6.29. The molecule has 2 saturated carbocycles. The van der Waals surface area contributed by atoms with E-state index in [2.05, 4.69) is 27.7 Å². The van der Waals surface area contributed by atoms with Crippen molar-refractivity contribution in [2.24, 2.45) is 5.92 Å². The average Bonchev–Trinajstić information content (AvgIpc) is 3.71. The number of hydrogen-bond acceptors (Lipinski definition) is 5. The topological polar surface area (TPSA) is 100 Å². The molecule has 0 spiro atoms. The minimum atomic E-state index is -5.08. The number of carbonyl (C=O) groups is 2. The lowest BCUT2D eigenvalue weighted by Crippen LogP contribution is -2.53. The van der Waals surface area contributed by atoms with Gasteiger partial charge in [0, 0.05) is 29.7 Å². The van der Waals surface area contributed by atoms with Crippen LogP contribution in [0.4, 0.5) is 41.2 Å². The standard InChI is InChI=1S/C28H33F4N3O3.C2HF3O2/c1-37-23-6-5-18(13-24(23)38-2)27-8-7-21(15-25(27)35(10-9-27)16-17-3-4-17)33-26(36)34-22-12-19(28(30,31)32)11-20(29)14-22;3-2(4,5)1(6)7/h5-6,11-14,17,21,25H,3-4,7-10,15-16H2,1-2H3,(H2,33,34,36);(H,6,7)/t21-,25+,27+;/m1./s1. The van der Waals surface area contributed by atoms with E-state index in [-0.39, 0.29) is 23.2 Å². The van der Waals surface area contributed by atoms with Crippen LogP contribution in [0.2, 0.25) is 0 Å². The highest BCUT2D eigenvalue weighted by molar-refractivity contribution is 5.89. The van der Waals surface area contributed by atoms with Gasteiger partial charge in [0.25, 0.3) is 0 Å². The molecular weight excluding hydrogens is 615 g/mol. The minimum absolute atomic E-state index is 0.0900. The molecule has 2 amide bonds. The van der Waals surface area contributed by atoms with Gasteiger partial charge in [-0.1, -0.05) is 6.07 Å². The summed E-state index contributed by atoms with van der Waals surface area (Å²) in [4.78, 5) is 24.2. The first kappa shape index (κ1) is 34.1. The Morgan fingerprint density at radius 2 is 1.64 bits per heavy atom. The van der Waals surface area contributed by atoms with Crippen LogP contribution in [0, 0.1) is 11.7 Å². The van der Waals surface area contributed by atoms with E-state index in [1.165, 1.54) is 18.4 Å². The maximum atomic E-state index is 13.8. The van der Waals surface area contributed by atoms with E-state index < -0.39 is 35.7 Å². The number of carboxylic acids is 1. The molecule has 0 radical (unpaired) electrons. The van der Waals surface area contributed by atoms with E-state index in [0.717, 1.165) is 38.1 Å². The van der Waals surface area contributed by atoms with Crippen LogP contribution in [0.3, 0.4) is 0 Å². The number of ether oxygens (including phenoxy) is 2. The quantitative estimate of drug-likeness (QED) is 0.293. The summed E-state index contributed by atoms with van der Waals surface area (Å²) in [5, 5.41) is 12.4. The lowest BCUT2D eigenvalue weighted by molar-refractivity contribution is -0.192. The Balaban J connectivity index is 0.000000591. The molecule has 248 valence electrons. The van der Waals surface area contributed by atoms with Gasteiger partial charge in [-0.3, -0.25) is 4.90 Å². The molecule has 3 aliphatic rings. The Labute approximate surface area is 254 Å². The number of carbonyl (C=O) groups excluding carboxylic acids is 1. The molecule has 15 heteroatoms. The van der Waals surface area contributed by atoms with Crippen LogP contribution < -0.4 is 20.1 Å². The molecule has 45 heavy (non-hydrogen) atoms. The molecule has 0 unspecified atom stereocenters. The number of amides is 2. The third-order valence-electron chi connectivity index (χ3n) is 8.58. The summed E-state index contributed by atoms with van der Waals surface area (Å²) < 4.78 is 95.7. The highest BCUT2D eigenvalue weighted by atomic mass is 19.4. The summed E-state index contributed by atoms with van der Waals surface area (Å²) in [6, 6.07) is 7.54. The Kier molecular flexibility index (Phi) is 10.1. The third kappa shape index (κ3) is 8.30. The molecule has 2 aromatic rings. The van der Waals surface area contributed by atoms with Gasteiger partial charge in [-0.2, -0.15) is 26.3 Å². The van der Waals surface area contributed by atoms with Crippen LogP contribution in [0.25, 0.3) is 0 Å². The lowest BCUT2D eigenvalue weighted by atomic mass is 9.65. The number of methoxy groups -OCH3 is 2. The first-order valence-corrected chi connectivity index (χ1v) is 14.3. The van der Waals surface area contributed by atoms with Crippen LogP contribution in [0.1, 0.15) is 49.7 Å². The summed E-state index contributed by atoms with van der Waals surface area (Å²) in [6.45, 7) is 2.00. The van der Waals surface area contributed by atoms with Gasteiger partial charge in [-0.15, -0.1) is 0 Å². The zero-order valence-electron chi connectivity index (χ0n) is 24.5. The first-order valence-electron chi connectivity index (χ1n) is 14.3. The fourth-order valence-corrected chi connectivity index (χ4v) is 6.29. The average molecular weight is 650 g/mol. The van der Waals surface area contributed by atoms with Gasteiger partial charge in [0.05, 0.1) is 19.8 Å². The van der Waals surface area contributed by atoms with Crippen molar-refractivity contribution in [2.75, 3.05) is 32.6 Å². The number of rotatable bonds is 7. The maximum absolute atomic E-state index is 13.8. The Hall–Kier alpha value is -3.75. The SMILES string of the molecule is COc1ccc([C@@]23CC[C@@H](NC(=O)Nc4cc(F)cc(C(F)(F)F)c4)C[C@@H]2N(CC2CC2)CC3)cc1OC.O=C(O)C(F)(F)F. The number of hydrogen-bond donors (Lipinski definition) is 3. The van der Waals surface area contributed by atoms with Gasteiger partial charge in [-0.05, 0) is 86.9 Å². The van der Waals surface area contributed by atoms with Crippen molar-refractivity contribution in [3.8, 4) is 11.5 Å². The molecule has 1 heterocycles. The van der Waals surface area contributed by atoms with Crippen LogP contribution in [0.15, 0.2) is 36.4 Å². The highest BCUT2D eigenvalue weighted by Gasteiger charge is 2.52.